The van der Waals surface area contributed by atoms with Gasteiger partial charge in [-0.2, -0.15) is 0 Å². The lowest BCUT2D eigenvalue weighted by molar-refractivity contribution is -0.138. The fourth-order valence-corrected chi connectivity index (χ4v) is 5.26. The number of hydrogen-bond acceptors (Lipinski definition) is 4. The molecule has 1 saturated heterocycles. The van der Waals surface area contributed by atoms with Crippen molar-refractivity contribution in [2.45, 2.75) is 78.3 Å². The molecule has 1 aliphatic heterocycles. The molecule has 1 heterocycles. The molecule has 0 radical (unpaired) electrons. The number of carbonyl (C=O) groups excluding carboxylic acids is 3. The van der Waals surface area contributed by atoms with Gasteiger partial charge in [0.15, 0.2) is 0 Å². The molecule has 1 spiro atoms. The van der Waals surface area contributed by atoms with Gasteiger partial charge in [0.05, 0.1) is 0 Å². The van der Waals surface area contributed by atoms with Crippen molar-refractivity contribution in [2.75, 3.05) is 13.1 Å². The van der Waals surface area contributed by atoms with Crippen LogP contribution >= 0.6 is 12.4 Å². The van der Waals surface area contributed by atoms with Crippen molar-refractivity contribution in [2.24, 2.45) is 23.0 Å². The second kappa shape index (κ2) is 8.57. The van der Waals surface area contributed by atoms with Crippen LogP contribution in [0.15, 0.2) is 0 Å². The molecule has 1 aliphatic carbocycles. The van der Waals surface area contributed by atoms with E-state index in [1.54, 1.807) is 0 Å². The Balaban J connectivity index is 0.00000392. The van der Waals surface area contributed by atoms with Gasteiger partial charge in [0.2, 0.25) is 5.91 Å². The van der Waals surface area contributed by atoms with Crippen molar-refractivity contribution >= 4 is 30.3 Å². The molecule has 8 heteroatoms. The smallest absolute Gasteiger partial charge is 0.325 e. The first-order valence-corrected chi connectivity index (χ1v) is 9.97. The third-order valence-corrected chi connectivity index (χ3v) is 5.68. The van der Waals surface area contributed by atoms with Crippen LogP contribution in [0, 0.1) is 17.3 Å². The van der Waals surface area contributed by atoms with Gasteiger partial charge in [0, 0.05) is 12.1 Å². The maximum atomic E-state index is 13.1. The fraction of sp³-hybridized carbons (Fsp3) is 0.850. The molecule has 2 aliphatic rings. The number of nitrogens with zero attached hydrogens (tertiary/aromatic N) is 1. The van der Waals surface area contributed by atoms with Crippen LogP contribution in [0.2, 0.25) is 0 Å². The number of carbonyl (C=O) groups is 3. The van der Waals surface area contributed by atoms with E-state index in [1.165, 1.54) is 0 Å². The minimum absolute atomic E-state index is 0. The summed E-state index contributed by atoms with van der Waals surface area (Å²) in [5.74, 6) is 0.0657. The maximum absolute atomic E-state index is 13.1. The van der Waals surface area contributed by atoms with Gasteiger partial charge >= 0.3 is 6.03 Å². The van der Waals surface area contributed by atoms with Crippen molar-refractivity contribution in [3.05, 3.63) is 0 Å². The minimum Gasteiger partial charge on any atom is -0.348 e. The van der Waals surface area contributed by atoms with Gasteiger partial charge in [-0.1, -0.05) is 34.6 Å². The molecule has 162 valence electrons. The Hall–Kier alpha value is -1.34. The summed E-state index contributed by atoms with van der Waals surface area (Å²) >= 11 is 0. The lowest BCUT2D eigenvalue weighted by atomic mass is 9.64. The van der Waals surface area contributed by atoms with Gasteiger partial charge < -0.3 is 16.4 Å². The molecule has 28 heavy (non-hydrogen) atoms. The second-order valence-corrected chi connectivity index (χ2v) is 10.2. The first kappa shape index (κ1) is 24.7. The van der Waals surface area contributed by atoms with Crippen LogP contribution in [-0.2, 0) is 9.59 Å². The first-order valence-electron chi connectivity index (χ1n) is 9.97. The van der Waals surface area contributed by atoms with Crippen LogP contribution in [0.3, 0.4) is 0 Å². The van der Waals surface area contributed by atoms with E-state index in [4.69, 9.17) is 5.73 Å². The average Bonchev–Trinajstić information content (AvgIpc) is 2.67. The highest BCUT2D eigenvalue weighted by molar-refractivity contribution is 6.09. The van der Waals surface area contributed by atoms with E-state index in [-0.39, 0.29) is 36.2 Å². The molecular weight excluding hydrogens is 380 g/mol. The number of rotatable bonds is 6. The average molecular weight is 417 g/mol. The van der Waals surface area contributed by atoms with E-state index in [1.807, 2.05) is 6.92 Å². The maximum Gasteiger partial charge on any atom is 0.325 e. The van der Waals surface area contributed by atoms with Crippen LogP contribution in [0.4, 0.5) is 4.79 Å². The third kappa shape index (κ3) is 5.38. The number of hydrogen-bond donors (Lipinski definition) is 3. The highest BCUT2D eigenvalue weighted by atomic mass is 35.5. The molecule has 0 aromatic heterocycles. The lowest BCUT2D eigenvalue weighted by Crippen LogP contribution is -2.56. The molecule has 2 fully saturated rings. The van der Waals surface area contributed by atoms with Gasteiger partial charge in [-0.25, -0.2) is 4.79 Å². The van der Waals surface area contributed by atoms with Gasteiger partial charge in [-0.3, -0.25) is 14.5 Å². The molecule has 4 amide bonds. The van der Waals surface area contributed by atoms with E-state index in [2.05, 4.69) is 45.3 Å². The second-order valence-electron chi connectivity index (χ2n) is 10.2. The van der Waals surface area contributed by atoms with E-state index < -0.39 is 17.1 Å². The molecule has 3 atom stereocenters. The topological polar surface area (TPSA) is 105 Å². The van der Waals surface area contributed by atoms with E-state index in [0.717, 1.165) is 17.7 Å². The summed E-state index contributed by atoms with van der Waals surface area (Å²) in [7, 11) is 0. The number of nitrogens with two attached hydrogens (primary N) is 1. The Bertz CT molecular complexity index is 625. The Kier molecular flexibility index (Phi) is 7.56. The Labute approximate surface area is 174 Å². The number of halogens is 1. The van der Waals surface area contributed by atoms with Crippen LogP contribution in [0.1, 0.15) is 67.2 Å². The van der Waals surface area contributed by atoms with E-state index in [0.29, 0.717) is 31.2 Å². The number of amides is 4. The van der Waals surface area contributed by atoms with Gasteiger partial charge in [-0.15, -0.1) is 12.4 Å². The van der Waals surface area contributed by atoms with Gasteiger partial charge in [0.1, 0.15) is 12.1 Å². The molecule has 3 unspecified atom stereocenters. The summed E-state index contributed by atoms with van der Waals surface area (Å²) in [5, 5.41) is 5.82. The van der Waals surface area contributed by atoms with Crippen molar-refractivity contribution in [1.29, 1.82) is 0 Å². The van der Waals surface area contributed by atoms with E-state index in [9.17, 15) is 14.4 Å². The largest absolute Gasteiger partial charge is 0.348 e. The highest BCUT2D eigenvalue weighted by Gasteiger charge is 2.56. The lowest BCUT2D eigenvalue weighted by Gasteiger charge is -2.43. The molecule has 0 aromatic carbocycles. The van der Waals surface area contributed by atoms with Crippen LogP contribution < -0.4 is 16.4 Å². The fourth-order valence-electron chi connectivity index (χ4n) is 5.26. The third-order valence-electron chi connectivity index (χ3n) is 5.68. The summed E-state index contributed by atoms with van der Waals surface area (Å²) in [5.41, 5.74) is 4.38. The zero-order valence-electron chi connectivity index (χ0n) is 18.1. The summed E-state index contributed by atoms with van der Waals surface area (Å²) in [6.07, 6.45) is 2.96. The van der Waals surface area contributed by atoms with Crippen molar-refractivity contribution in [3.63, 3.8) is 0 Å². The van der Waals surface area contributed by atoms with Crippen LogP contribution in [0.5, 0.6) is 0 Å². The molecule has 1 saturated carbocycles. The molecule has 0 bridgehead atoms. The van der Waals surface area contributed by atoms with Gasteiger partial charge in [-0.05, 0) is 49.9 Å². The van der Waals surface area contributed by atoms with Crippen LogP contribution in [-0.4, -0.2) is 46.9 Å². The molecular formula is C20H37ClN4O3. The predicted molar refractivity (Wildman–Crippen MR) is 112 cm³/mol. The Morgan fingerprint density at radius 1 is 1.36 bits per heavy atom. The predicted octanol–water partition coefficient (Wildman–Crippen LogP) is 2.42. The summed E-state index contributed by atoms with van der Waals surface area (Å²) < 4.78 is 0. The normalized spacial score (nSPS) is 28.7. The standard InChI is InChI=1S/C20H36N4O3.ClH/c1-13(2)7-19(6,12-21)22-15(25)10-24-16(26)20(23-17(24)27)9-14(3)8-18(4,5)11-20;/h13-14H,7-12,21H2,1-6H3,(H,22,25)(H,23,27);1H. The van der Waals surface area contributed by atoms with Crippen molar-refractivity contribution in [1.82, 2.24) is 15.5 Å². The number of imide groups is 1. The molecule has 7 nitrogen and oxygen atoms in total. The summed E-state index contributed by atoms with van der Waals surface area (Å²) in [6, 6.07) is -0.474. The quantitative estimate of drug-likeness (QED) is 0.578. The minimum atomic E-state index is -0.881. The van der Waals surface area contributed by atoms with Crippen molar-refractivity contribution < 1.29 is 14.4 Å². The Morgan fingerprint density at radius 3 is 2.46 bits per heavy atom. The monoisotopic (exact) mass is 416 g/mol. The zero-order chi connectivity index (χ0) is 20.6. The van der Waals surface area contributed by atoms with Crippen molar-refractivity contribution in [3.8, 4) is 0 Å². The van der Waals surface area contributed by atoms with E-state index >= 15 is 0 Å². The summed E-state index contributed by atoms with van der Waals surface area (Å²) in [6.45, 7) is 12.4. The number of nitrogens with one attached hydrogen (secondary N) is 2. The summed E-state index contributed by atoms with van der Waals surface area (Å²) in [4.78, 5) is 39.3. The Morgan fingerprint density at radius 2 is 1.96 bits per heavy atom. The SMILES string of the molecule is CC(C)CC(C)(CN)NC(=O)CN1C(=O)NC2(CC(C)CC(C)(C)C2)C1=O.Cl. The molecule has 2 rings (SSSR count). The molecule has 4 N–H and O–H groups in total. The molecule has 0 aromatic rings. The zero-order valence-corrected chi connectivity index (χ0v) is 18.9. The highest BCUT2D eigenvalue weighted by Crippen LogP contribution is 2.46. The van der Waals surface area contributed by atoms with Gasteiger partial charge in [0.25, 0.3) is 5.91 Å². The number of urea groups is 1. The first-order chi connectivity index (χ1) is 12.3. The van der Waals surface area contributed by atoms with Crippen LogP contribution in [0.25, 0.3) is 0 Å².